The summed E-state index contributed by atoms with van der Waals surface area (Å²) >= 11 is 0. The van der Waals surface area contributed by atoms with E-state index in [9.17, 15) is 9.90 Å². The Balaban J connectivity index is 0. The highest BCUT2D eigenvalue weighted by molar-refractivity contribution is 5.91. The van der Waals surface area contributed by atoms with E-state index in [1.165, 1.54) is 70.6 Å². The van der Waals surface area contributed by atoms with Crippen molar-refractivity contribution >= 4 is 5.97 Å². The van der Waals surface area contributed by atoms with E-state index >= 15 is 0 Å². The number of nitrogens with two attached hydrogens (primary N) is 4. The minimum Gasteiger partial charge on any atom is -0.493 e. The third kappa shape index (κ3) is 23.3. The van der Waals surface area contributed by atoms with Crippen molar-refractivity contribution in [2.45, 2.75) is 130 Å². The smallest absolute Gasteiger partial charge is 0.336 e. The molecule has 0 bridgehead atoms. The Morgan fingerprint density at radius 2 is 1.27 bits per heavy atom. The summed E-state index contributed by atoms with van der Waals surface area (Å²) in [6.07, 6.45) is 22.0. The maximum Gasteiger partial charge on any atom is 0.336 e. The van der Waals surface area contributed by atoms with E-state index in [1.807, 2.05) is 19.9 Å². The lowest BCUT2D eigenvalue weighted by atomic mass is 9.95. The molecule has 0 aliphatic rings. The molecular weight excluding hydrogens is 512 g/mol. The Bertz CT molecular complexity index is 748. The van der Waals surface area contributed by atoms with Gasteiger partial charge in [0.15, 0.2) is 0 Å². The summed E-state index contributed by atoms with van der Waals surface area (Å²) in [5.41, 5.74) is 24.8. The van der Waals surface area contributed by atoms with E-state index in [4.69, 9.17) is 27.7 Å². The molecule has 0 radical (unpaired) electrons. The van der Waals surface area contributed by atoms with E-state index in [2.05, 4.69) is 13.5 Å². The molecule has 0 heterocycles. The topological polar surface area (TPSA) is 151 Å². The van der Waals surface area contributed by atoms with Crippen LogP contribution in [0.25, 0.3) is 0 Å². The number of carboxylic acid groups (broad SMARTS) is 1. The quantitative estimate of drug-likeness (QED) is 0.0681. The maximum atomic E-state index is 11.5. The molecule has 7 heteroatoms. The van der Waals surface area contributed by atoms with Crippen molar-refractivity contribution in [3.05, 3.63) is 41.0 Å². The first-order chi connectivity index (χ1) is 19.9. The van der Waals surface area contributed by atoms with Gasteiger partial charge in [0.2, 0.25) is 0 Å². The van der Waals surface area contributed by atoms with Crippen molar-refractivity contribution in [1.29, 1.82) is 0 Å². The predicted molar refractivity (Wildman–Crippen MR) is 178 cm³/mol. The number of hydrogen-bond acceptors (Lipinski definition) is 6. The third-order valence-corrected chi connectivity index (χ3v) is 7.02. The fourth-order valence-electron chi connectivity index (χ4n) is 4.34. The summed E-state index contributed by atoms with van der Waals surface area (Å²) in [5, 5.41) is 9.45. The van der Waals surface area contributed by atoms with Gasteiger partial charge in [0.25, 0.3) is 0 Å². The van der Waals surface area contributed by atoms with Crippen LogP contribution in [-0.2, 0) is 6.42 Å². The minimum absolute atomic E-state index is 0.327. The molecule has 0 amide bonds. The zero-order chi connectivity index (χ0) is 31.1. The molecule has 0 spiro atoms. The van der Waals surface area contributed by atoms with Crippen molar-refractivity contribution in [3.63, 3.8) is 0 Å². The fraction of sp³-hybridized carbons (Fsp3) is 0.735. The van der Waals surface area contributed by atoms with E-state index < -0.39 is 5.97 Å². The van der Waals surface area contributed by atoms with E-state index in [0.717, 1.165) is 67.6 Å². The summed E-state index contributed by atoms with van der Waals surface area (Å²) in [5.74, 6) is -0.193. The van der Waals surface area contributed by atoms with Crippen molar-refractivity contribution < 1.29 is 14.6 Å². The largest absolute Gasteiger partial charge is 0.493 e. The fourth-order valence-corrected chi connectivity index (χ4v) is 4.34. The van der Waals surface area contributed by atoms with Gasteiger partial charge < -0.3 is 32.8 Å². The second-order valence-electron chi connectivity index (χ2n) is 10.8. The number of ether oxygens (including phenoxy) is 1. The molecule has 9 N–H and O–H groups in total. The number of benzene rings is 1. The summed E-state index contributed by atoms with van der Waals surface area (Å²) in [4.78, 5) is 11.5. The van der Waals surface area contributed by atoms with Gasteiger partial charge in [-0.2, -0.15) is 0 Å². The van der Waals surface area contributed by atoms with Crippen molar-refractivity contribution in [2.75, 3.05) is 32.8 Å². The van der Waals surface area contributed by atoms with Crippen LogP contribution in [0.1, 0.15) is 137 Å². The molecule has 0 fully saturated rings. The number of hydrogen-bond donors (Lipinski definition) is 5. The number of allylic oxidation sites excluding steroid dienone is 1. The summed E-state index contributed by atoms with van der Waals surface area (Å²) in [6.45, 7) is 13.3. The summed E-state index contributed by atoms with van der Waals surface area (Å²) < 4.78 is 5.94. The number of aromatic carboxylic acids is 1. The summed E-state index contributed by atoms with van der Waals surface area (Å²) in [6, 6.07) is 1.73. The van der Waals surface area contributed by atoms with E-state index in [0.29, 0.717) is 31.7 Å². The van der Waals surface area contributed by atoms with Crippen LogP contribution in [0.4, 0.5) is 0 Å². The molecule has 0 atom stereocenters. The molecule has 0 aromatic heterocycles. The Morgan fingerprint density at radius 1 is 0.780 bits per heavy atom. The van der Waals surface area contributed by atoms with Crippen molar-refractivity contribution in [3.8, 4) is 5.75 Å². The Hall–Kier alpha value is -1.93. The number of carbonyl (C=O) groups is 1. The highest BCUT2D eigenvalue weighted by Gasteiger charge is 2.19. The van der Waals surface area contributed by atoms with Crippen LogP contribution in [0.15, 0.2) is 18.7 Å². The molecule has 0 saturated heterocycles. The highest BCUT2D eigenvalue weighted by atomic mass is 16.5. The van der Waals surface area contributed by atoms with Gasteiger partial charge in [-0.1, -0.05) is 64.4 Å². The molecule has 41 heavy (non-hydrogen) atoms. The molecular formula is C34H66N4O3. The number of carboxylic acids is 1. The molecule has 0 unspecified atom stereocenters. The van der Waals surface area contributed by atoms with E-state index in [-0.39, 0.29) is 0 Å². The summed E-state index contributed by atoms with van der Waals surface area (Å²) in [7, 11) is 0. The monoisotopic (exact) mass is 579 g/mol. The van der Waals surface area contributed by atoms with Crippen LogP contribution in [0, 0.1) is 13.8 Å². The van der Waals surface area contributed by atoms with Crippen molar-refractivity contribution in [1.82, 2.24) is 0 Å². The Labute approximate surface area is 252 Å². The molecule has 1 aromatic carbocycles. The lowest BCUT2D eigenvalue weighted by Gasteiger charge is -2.18. The second kappa shape index (κ2) is 31.0. The van der Waals surface area contributed by atoms with Crippen LogP contribution < -0.4 is 27.7 Å². The predicted octanol–water partition coefficient (Wildman–Crippen LogP) is 7.18. The zero-order valence-corrected chi connectivity index (χ0v) is 27.0. The second-order valence-corrected chi connectivity index (χ2v) is 10.8. The van der Waals surface area contributed by atoms with Gasteiger partial charge in [0, 0.05) is 5.56 Å². The van der Waals surface area contributed by atoms with Gasteiger partial charge in [0.1, 0.15) is 5.75 Å². The average molecular weight is 579 g/mol. The SMILES string of the molecule is C=CCCCCCCN.CCCCCCCCCN.Cc1cc(C(=O)O)c(CCCN)c(OCCCCCN)c1C. The average Bonchev–Trinajstić information content (AvgIpc) is 2.96. The first kappa shape index (κ1) is 41.2. The van der Waals surface area contributed by atoms with Gasteiger partial charge in [-0.25, -0.2) is 4.79 Å². The van der Waals surface area contributed by atoms with Crippen LogP contribution in [0.5, 0.6) is 5.75 Å². The molecule has 0 aliphatic heterocycles. The van der Waals surface area contributed by atoms with Gasteiger partial charge >= 0.3 is 5.97 Å². The number of rotatable bonds is 23. The Morgan fingerprint density at radius 3 is 1.76 bits per heavy atom. The van der Waals surface area contributed by atoms with Crippen LogP contribution in [0.3, 0.4) is 0 Å². The molecule has 0 aliphatic carbocycles. The van der Waals surface area contributed by atoms with Gasteiger partial charge in [-0.15, -0.1) is 6.58 Å². The first-order valence-corrected chi connectivity index (χ1v) is 16.3. The molecule has 7 nitrogen and oxygen atoms in total. The minimum atomic E-state index is -0.914. The molecule has 1 rings (SSSR count). The molecule has 240 valence electrons. The zero-order valence-electron chi connectivity index (χ0n) is 27.0. The van der Waals surface area contributed by atoms with Crippen molar-refractivity contribution in [2.24, 2.45) is 22.9 Å². The van der Waals surface area contributed by atoms with Gasteiger partial charge in [-0.3, -0.25) is 0 Å². The Kier molecular flexibility index (Phi) is 31.2. The van der Waals surface area contributed by atoms with Crippen LogP contribution >= 0.6 is 0 Å². The van der Waals surface area contributed by atoms with Gasteiger partial charge in [0.05, 0.1) is 12.2 Å². The number of unbranched alkanes of at least 4 members (excludes halogenated alkanes) is 12. The van der Waals surface area contributed by atoms with Crippen LogP contribution in [0.2, 0.25) is 0 Å². The third-order valence-electron chi connectivity index (χ3n) is 7.02. The normalized spacial score (nSPS) is 10.3. The van der Waals surface area contributed by atoms with Crippen LogP contribution in [-0.4, -0.2) is 43.9 Å². The van der Waals surface area contributed by atoms with Gasteiger partial charge in [-0.05, 0) is 115 Å². The highest BCUT2D eigenvalue weighted by Crippen LogP contribution is 2.31. The van der Waals surface area contributed by atoms with E-state index in [1.54, 1.807) is 6.07 Å². The lowest BCUT2D eigenvalue weighted by molar-refractivity contribution is 0.0694. The standard InChI is InChI=1S/C17H28N2O3.C9H21N.C8H17N/c1-12-11-15(17(20)21)14(7-6-9-19)16(13(12)2)22-10-5-3-4-8-18;1-2-3-4-5-6-7-8-9-10;1-2-3-4-5-6-7-8-9/h11H,3-10,18-19H2,1-2H3,(H,20,21);2-10H2,1H3;2H,1,3-9H2. The lowest BCUT2D eigenvalue weighted by Crippen LogP contribution is -2.11. The molecule has 0 saturated carbocycles. The molecule has 1 aromatic rings. The maximum absolute atomic E-state index is 11.5. The number of aryl methyl sites for hydroxylation is 1. The first-order valence-electron chi connectivity index (χ1n) is 16.3.